The summed E-state index contributed by atoms with van der Waals surface area (Å²) in [5.41, 5.74) is 0. The van der Waals surface area contributed by atoms with E-state index in [9.17, 15) is 8.42 Å². The highest BCUT2D eigenvalue weighted by molar-refractivity contribution is 9.10. The number of halogens is 1. The maximum atomic E-state index is 12.4. The molecule has 2 aliphatic rings. The van der Waals surface area contributed by atoms with E-state index in [1.165, 1.54) is 0 Å². The van der Waals surface area contributed by atoms with Crippen molar-refractivity contribution in [3.05, 3.63) is 22.7 Å². The van der Waals surface area contributed by atoms with Crippen LogP contribution in [0.5, 0.6) is 5.75 Å². The number of rotatable bonds is 4. The molecule has 2 fully saturated rings. The molecule has 110 valence electrons. The van der Waals surface area contributed by atoms with E-state index >= 15 is 0 Å². The molecule has 0 saturated carbocycles. The van der Waals surface area contributed by atoms with Gasteiger partial charge in [-0.15, -0.1) is 0 Å². The van der Waals surface area contributed by atoms with Gasteiger partial charge < -0.3 is 9.47 Å². The Kier molecular flexibility index (Phi) is 3.79. The first-order valence-electron chi connectivity index (χ1n) is 6.51. The van der Waals surface area contributed by atoms with Gasteiger partial charge in [-0.3, -0.25) is 0 Å². The van der Waals surface area contributed by atoms with Crippen LogP contribution in [-0.2, 0) is 14.8 Å². The van der Waals surface area contributed by atoms with E-state index in [1.807, 2.05) is 0 Å². The van der Waals surface area contributed by atoms with Crippen LogP contribution in [0, 0.1) is 0 Å². The molecule has 0 aliphatic carbocycles. The lowest BCUT2D eigenvalue weighted by atomic mass is 9.96. The molecule has 5 nitrogen and oxygen atoms in total. The van der Waals surface area contributed by atoms with E-state index in [-0.39, 0.29) is 23.1 Å². The molecule has 3 atom stereocenters. The van der Waals surface area contributed by atoms with Crippen LogP contribution in [0.1, 0.15) is 19.3 Å². The molecule has 0 amide bonds. The van der Waals surface area contributed by atoms with Crippen molar-refractivity contribution in [3.8, 4) is 5.75 Å². The third-order valence-corrected chi connectivity index (χ3v) is 5.95. The first-order valence-corrected chi connectivity index (χ1v) is 8.78. The summed E-state index contributed by atoms with van der Waals surface area (Å²) >= 11 is 3.30. The SMILES string of the molecule is COc1ccc(S(=O)(=O)NC2CC3CCC2O3)cc1Br. The van der Waals surface area contributed by atoms with Crippen LogP contribution < -0.4 is 9.46 Å². The van der Waals surface area contributed by atoms with Gasteiger partial charge in [-0.05, 0) is 53.4 Å². The van der Waals surface area contributed by atoms with Crippen LogP contribution in [0.25, 0.3) is 0 Å². The Balaban J connectivity index is 1.79. The van der Waals surface area contributed by atoms with Crippen LogP contribution in [-0.4, -0.2) is 33.8 Å². The molecule has 1 N–H and O–H groups in total. The Morgan fingerprint density at radius 3 is 2.75 bits per heavy atom. The summed E-state index contributed by atoms with van der Waals surface area (Å²) in [4.78, 5) is 0.230. The van der Waals surface area contributed by atoms with Crippen molar-refractivity contribution in [2.24, 2.45) is 0 Å². The summed E-state index contributed by atoms with van der Waals surface area (Å²) in [6.45, 7) is 0. The standard InChI is InChI=1S/C13H16BrNO4S/c1-18-12-5-3-9(7-10(12)14)20(16,17)15-11-6-8-2-4-13(11)19-8/h3,5,7-8,11,13,15H,2,4,6H2,1H3. The molecule has 20 heavy (non-hydrogen) atoms. The van der Waals surface area contributed by atoms with Crippen molar-refractivity contribution in [3.63, 3.8) is 0 Å². The van der Waals surface area contributed by atoms with E-state index in [0.717, 1.165) is 19.3 Å². The van der Waals surface area contributed by atoms with E-state index in [1.54, 1.807) is 25.3 Å². The number of hydrogen-bond donors (Lipinski definition) is 1. The van der Waals surface area contributed by atoms with Gasteiger partial charge in [0.25, 0.3) is 0 Å². The van der Waals surface area contributed by atoms with Crippen molar-refractivity contribution in [1.82, 2.24) is 4.72 Å². The van der Waals surface area contributed by atoms with Gasteiger partial charge in [-0.25, -0.2) is 13.1 Å². The molecule has 1 aromatic rings. The first kappa shape index (κ1) is 14.3. The number of fused-ring (bicyclic) bond motifs is 2. The minimum atomic E-state index is -3.53. The zero-order valence-corrected chi connectivity index (χ0v) is 13.4. The van der Waals surface area contributed by atoms with Crippen molar-refractivity contribution in [2.45, 2.75) is 42.4 Å². The van der Waals surface area contributed by atoms with E-state index in [4.69, 9.17) is 9.47 Å². The maximum absolute atomic E-state index is 12.4. The lowest BCUT2D eigenvalue weighted by Crippen LogP contribution is -2.41. The summed E-state index contributed by atoms with van der Waals surface area (Å²) in [5.74, 6) is 0.604. The largest absolute Gasteiger partial charge is 0.496 e. The molecule has 2 saturated heterocycles. The zero-order valence-electron chi connectivity index (χ0n) is 11.0. The first-order chi connectivity index (χ1) is 9.49. The third kappa shape index (κ3) is 2.59. The number of hydrogen-bond acceptors (Lipinski definition) is 4. The second kappa shape index (κ2) is 5.29. The Morgan fingerprint density at radius 1 is 1.40 bits per heavy atom. The van der Waals surface area contributed by atoms with Gasteiger partial charge in [0.1, 0.15) is 5.75 Å². The fraction of sp³-hybridized carbons (Fsp3) is 0.538. The quantitative estimate of drug-likeness (QED) is 0.891. The fourth-order valence-corrected chi connectivity index (χ4v) is 4.84. The van der Waals surface area contributed by atoms with Gasteiger partial charge >= 0.3 is 0 Å². The molecule has 3 rings (SSSR count). The van der Waals surface area contributed by atoms with Crippen LogP contribution in [0.15, 0.2) is 27.6 Å². The predicted molar refractivity (Wildman–Crippen MR) is 77.3 cm³/mol. The number of ether oxygens (including phenoxy) is 2. The Bertz CT molecular complexity index is 619. The normalized spacial score (nSPS) is 28.8. The van der Waals surface area contributed by atoms with Crippen molar-refractivity contribution < 1.29 is 17.9 Å². The minimum Gasteiger partial charge on any atom is -0.496 e. The fourth-order valence-electron chi connectivity index (χ4n) is 2.84. The second-order valence-corrected chi connectivity index (χ2v) is 7.70. The van der Waals surface area contributed by atoms with Crippen LogP contribution in [0.4, 0.5) is 0 Å². The van der Waals surface area contributed by atoms with E-state index < -0.39 is 10.0 Å². The molecule has 0 radical (unpaired) electrons. The molecule has 2 heterocycles. The molecule has 2 bridgehead atoms. The average molecular weight is 362 g/mol. The lowest BCUT2D eigenvalue weighted by molar-refractivity contribution is 0.0996. The van der Waals surface area contributed by atoms with E-state index in [0.29, 0.717) is 10.2 Å². The third-order valence-electron chi connectivity index (χ3n) is 3.85. The highest BCUT2D eigenvalue weighted by Crippen LogP contribution is 2.35. The van der Waals surface area contributed by atoms with Gasteiger partial charge in [-0.2, -0.15) is 0 Å². The molecular formula is C13H16BrNO4S. The van der Waals surface area contributed by atoms with Gasteiger partial charge in [0, 0.05) is 0 Å². The summed E-state index contributed by atoms with van der Waals surface area (Å²) in [7, 11) is -1.99. The van der Waals surface area contributed by atoms with E-state index in [2.05, 4.69) is 20.7 Å². The van der Waals surface area contributed by atoms with Crippen molar-refractivity contribution in [1.29, 1.82) is 0 Å². The minimum absolute atomic E-state index is 0.0245. The molecule has 0 aromatic heterocycles. The van der Waals surface area contributed by atoms with Crippen molar-refractivity contribution >= 4 is 26.0 Å². The molecule has 3 unspecified atom stereocenters. The number of sulfonamides is 1. The number of methoxy groups -OCH3 is 1. The Labute approximate surface area is 126 Å². The average Bonchev–Trinajstić information content (AvgIpc) is 3.00. The topological polar surface area (TPSA) is 64.6 Å². The molecule has 7 heteroatoms. The Hall–Kier alpha value is -0.630. The molecule has 2 aliphatic heterocycles. The molecular weight excluding hydrogens is 346 g/mol. The van der Waals surface area contributed by atoms with Crippen LogP contribution in [0.3, 0.4) is 0 Å². The van der Waals surface area contributed by atoms with Gasteiger partial charge in [0.05, 0.1) is 34.7 Å². The zero-order chi connectivity index (χ0) is 14.3. The smallest absolute Gasteiger partial charge is 0.240 e. The van der Waals surface area contributed by atoms with Gasteiger partial charge in [0.2, 0.25) is 10.0 Å². The van der Waals surface area contributed by atoms with Crippen LogP contribution >= 0.6 is 15.9 Å². The van der Waals surface area contributed by atoms with Gasteiger partial charge in [-0.1, -0.05) is 0 Å². The summed E-state index contributed by atoms with van der Waals surface area (Å²) in [6.07, 6.45) is 2.98. The summed E-state index contributed by atoms with van der Waals surface area (Å²) in [6, 6.07) is 4.62. The second-order valence-electron chi connectivity index (χ2n) is 5.13. The number of benzene rings is 1. The van der Waals surface area contributed by atoms with Crippen LogP contribution in [0.2, 0.25) is 0 Å². The lowest BCUT2D eigenvalue weighted by Gasteiger charge is -2.20. The summed E-state index contributed by atoms with van der Waals surface area (Å²) < 4.78 is 38.9. The monoisotopic (exact) mass is 361 g/mol. The highest BCUT2D eigenvalue weighted by Gasteiger charge is 2.42. The maximum Gasteiger partial charge on any atom is 0.240 e. The predicted octanol–water partition coefficient (Wildman–Crippen LogP) is 2.06. The van der Waals surface area contributed by atoms with Crippen molar-refractivity contribution in [2.75, 3.05) is 7.11 Å². The summed E-state index contributed by atoms with van der Waals surface area (Å²) in [5, 5.41) is 0. The molecule has 1 aromatic carbocycles. The van der Waals surface area contributed by atoms with Gasteiger partial charge in [0.15, 0.2) is 0 Å². The molecule has 0 spiro atoms. The number of nitrogens with one attached hydrogen (secondary N) is 1. The Morgan fingerprint density at radius 2 is 2.20 bits per heavy atom. The highest BCUT2D eigenvalue weighted by atomic mass is 79.9.